The molecule has 0 aliphatic heterocycles. The van der Waals surface area contributed by atoms with Crippen LogP contribution in [-0.2, 0) is 17.8 Å². The van der Waals surface area contributed by atoms with Gasteiger partial charge in [-0.25, -0.2) is 9.82 Å². The van der Waals surface area contributed by atoms with Gasteiger partial charge in [0, 0.05) is 5.56 Å². The summed E-state index contributed by atoms with van der Waals surface area (Å²) >= 11 is 0. The van der Waals surface area contributed by atoms with E-state index in [0.29, 0.717) is 11.5 Å². The average molecular weight is 485 g/mol. The number of nitrogens with one attached hydrogen (secondary N) is 1. The molecular weight excluding hydrogens is 455 g/mol. The molecule has 0 aliphatic rings. The van der Waals surface area contributed by atoms with Crippen molar-refractivity contribution in [2.45, 2.75) is 32.8 Å². The zero-order valence-electron chi connectivity index (χ0n) is 20.2. The first kappa shape index (κ1) is 24.9. The summed E-state index contributed by atoms with van der Waals surface area (Å²) in [7, 11) is 0. The van der Waals surface area contributed by atoms with Gasteiger partial charge in [0.2, 0.25) is 0 Å². The number of halogens is 1. The molecule has 4 aromatic rings. The van der Waals surface area contributed by atoms with E-state index in [2.05, 4.69) is 17.5 Å². The van der Waals surface area contributed by atoms with Crippen LogP contribution < -0.4 is 14.9 Å². The molecule has 0 fully saturated rings. The first-order chi connectivity index (χ1) is 17.6. The number of benzene rings is 4. The Hall–Kier alpha value is -4.19. The average Bonchev–Trinajstić information content (AvgIpc) is 2.91. The van der Waals surface area contributed by atoms with Crippen molar-refractivity contribution in [3.05, 3.63) is 107 Å². The molecule has 4 rings (SSSR count). The van der Waals surface area contributed by atoms with Crippen LogP contribution in [0.2, 0.25) is 0 Å². The first-order valence-electron chi connectivity index (χ1n) is 12.0. The van der Waals surface area contributed by atoms with Crippen molar-refractivity contribution in [1.29, 1.82) is 0 Å². The summed E-state index contributed by atoms with van der Waals surface area (Å²) in [5.74, 6) is 0.590. The van der Waals surface area contributed by atoms with Gasteiger partial charge in [-0.2, -0.15) is 5.10 Å². The summed E-state index contributed by atoms with van der Waals surface area (Å²) in [6.07, 6.45) is 4.91. The Labute approximate surface area is 210 Å². The predicted molar refractivity (Wildman–Crippen MR) is 141 cm³/mol. The normalized spacial score (nSPS) is 11.1. The summed E-state index contributed by atoms with van der Waals surface area (Å²) in [6, 6.07) is 25.7. The van der Waals surface area contributed by atoms with Gasteiger partial charge in [0.1, 0.15) is 23.9 Å². The number of fused-ring (bicyclic) bond motifs is 1. The Morgan fingerprint density at radius 1 is 0.917 bits per heavy atom. The largest absolute Gasteiger partial charge is 0.488 e. The Kier molecular flexibility index (Phi) is 8.65. The highest BCUT2D eigenvalue weighted by Gasteiger charge is 2.09. The fourth-order valence-electron chi connectivity index (χ4n) is 3.76. The molecule has 184 valence electrons. The minimum absolute atomic E-state index is 0.144. The van der Waals surface area contributed by atoms with Crippen LogP contribution in [0.3, 0.4) is 0 Å². The van der Waals surface area contributed by atoms with E-state index in [1.807, 2.05) is 60.7 Å². The SMILES string of the molecule is CCCCc1ccc(OCC(=O)NN=Cc2c(OCc3ccc(F)cc3)ccc3ccccc23)cc1. The lowest BCUT2D eigenvalue weighted by Gasteiger charge is -2.12. The minimum Gasteiger partial charge on any atom is -0.488 e. The van der Waals surface area contributed by atoms with Gasteiger partial charge in [-0.3, -0.25) is 4.79 Å². The summed E-state index contributed by atoms with van der Waals surface area (Å²) in [5.41, 5.74) is 5.36. The third-order valence-electron chi connectivity index (χ3n) is 5.73. The number of carbonyl (C=O) groups is 1. The third-order valence-corrected chi connectivity index (χ3v) is 5.73. The Balaban J connectivity index is 1.39. The number of ether oxygens (including phenoxy) is 2. The van der Waals surface area contributed by atoms with Gasteiger partial charge < -0.3 is 9.47 Å². The minimum atomic E-state index is -0.365. The zero-order valence-corrected chi connectivity index (χ0v) is 20.2. The van der Waals surface area contributed by atoms with Crippen LogP contribution in [0.1, 0.15) is 36.5 Å². The van der Waals surface area contributed by atoms with Crippen LogP contribution >= 0.6 is 0 Å². The quantitative estimate of drug-likeness (QED) is 0.197. The van der Waals surface area contributed by atoms with Gasteiger partial charge in [-0.05, 0) is 65.1 Å². The standard InChI is InChI=1S/C30H29FN2O3/c1-2-3-6-22-11-16-26(17-12-22)35-21-30(34)33-32-19-28-27-8-5-4-7-24(27)13-18-29(28)36-20-23-9-14-25(31)15-10-23/h4-5,7-19H,2-3,6,20-21H2,1H3,(H,33,34). The van der Waals surface area contributed by atoms with Gasteiger partial charge in [0.05, 0.1) is 6.21 Å². The highest BCUT2D eigenvalue weighted by Crippen LogP contribution is 2.27. The van der Waals surface area contributed by atoms with E-state index in [1.165, 1.54) is 17.7 Å². The number of carbonyl (C=O) groups excluding carboxylic acids is 1. The number of rotatable bonds is 11. The predicted octanol–water partition coefficient (Wildman–Crippen LogP) is 6.43. The second kappa shape index (κ2) is 12.5. The number of unbranched alkanes of at least 4 members (excludes halogenated alkanes) is 1. The molecule has 0 spiro atoms. The number of hydrazone groups is 1. The molecule has 0 unspecified atom stereocenters. The lowest BCUT2D eigenvalue weighted by Crippen LogP contribution is -2.24. The maximum absolute atomic E-state index is 13.2. The maximum Gasteiger partial charge on any atom is 0.277 e. The fraction of sp³-hybridized carbons (Fsp3) is 0.200. The van der Waals surface area contributed by atoms with E-state index in [1.54, 1.807) is 18.3 Å². The van der Waals surface area contributed by atoms with Crippen LogP contribution in [0, 0.1) is 5.82 Å². The van der Waals surface area contributed by atoms with Crippen LogP contribution in [0.15, 0.2) is 90.0 Å². The molecule has 0 radical (unpaired) electrons. The van der Waals surface area contributed by atoms with Crippen molar-refractivity contribution < 1.29 is 18.7 Å². The molecule has 4 aromatic carbocycles. The van der Waals surface area contributed by atoms with E-state index < -0.39 is 0 Å². The second-order valence-electron chi connectivity index (χ2n) is 8.44. The van der Waals surface area contributed by atoms with Crippen molar-refractivity contribution in [1.82, 2.24) is 5.43 Å². The summed E-state index contributed by atoms with van der Waals surface area (Å²) in [6.45, 7) is 2.30. The smallest absolute Gasteiger partial charge is 0.277 e. The lowest BCUT2D eigenvalue weighted by molar-refractivity contribution is -0.123. The van der Waals surface area contributed by atoms with Gasteiger partial charge in [0.15, 0.2) is 6.61 Å². The van der Waals surface area contributed by atoms with Crippen molar-refractivity contribution in [3.63, 3.8) is 0 Å². The molecular formula is C30H29FN2O3. The lowest BCUT2D eigenvalue weighted by atomic mass is 10.0. The fourth-order valence-corrected chi connectivity index (χ4v) is 3.76. The molecule has 0 saturated heterocycles. The van der Waals surface area contributed by atoms with E-state index in [0.717, 1.165) is 41.2 Å². The summed E-state index contributed by atoms with van der Waals surface area (Å²) < 4.78 is 24.8. The molecule has 36 heavy (non-hydrogen) atoms. The number of nitrogens with zero attached hydrogens (tertiary/aromatic N) is 1. The van der Waals surface area contributed by atoms with Crippen LogP contribution in [-0.4, -0.2) is 18.7 Å². The Morgan fingerprint density at radius 3 is 2.44 bits per heavy atom. The van der Waals surface area contributed by atoms with Crippen molar-refractivity contribution in [2.75, 3.05) is 6.61 Å². The van der Waals surface area contributed by atoms with E-state index in [-0.39, 0.29) is 24.9 Å². The van der Waals surface area contributed by atoms with Gasteiger partial charge in [-0.15, -0.1) is 0 Å². The molecule has 1 N–H and O–H groups in total. The summed E-state index contributed by atoms with van der Waals surface area (Å²) in [4.78, 5) is 12.3. The molecule has 5 nitrogen and oxygen atoms in total. The van der Waals surface area contributed by atoms with Gasteiger partial charge in [-0.1, -0.05) is 67.9 Å². The molecule has 0 heterocycles. The maximum atomic E-state index is 13.2. The van der Waals surface area contributed by atoms with E-state index in [9.17, 15) is 9.18 Å². The van der Waals surface area contributed by atoms with Crippen molar-refractivity contribution in [3.8, 4) is 11.5 Å². The van der Waals surface area contributed by atoms with E-state index in [4.69, 9.17) is 9.47 Å². The summed E-state index contributed by atoms with van der Waals surface area (Å²) in [5, 5.41) is 6.10. The molecule has 0 saturated carbocycles. The highest BCUT2D eigenvalue weighted by atomic mass is 19.1. The van der Waals surface area contributed by atoms with Crippen molar-refractivity contribution in [2.24, 2.45) is 5.10 Å². The van der Waals surface area contributed by atoms with Crippen molar-refractivity contribution >= 4 is 22.9 Å². The molecule has 0 bridgehead atoms. The monoisotopic (exact) mass is 484 g/mol. The van der Waals surface area contributed by atoms with Crippen LogP contribution in [0.25, 0.3) is 10.8 Å². The second-order valence-corrected chi connectivity index (χ2v) is 8.44. The number of amides is 1. The third kappa shape index (κ3) is 6.92. The topological polar surface area (TPSA) is 59.9 Å². The van der Waals surface area contributed by atoms with Crippen LogP contribution in [0.4, 0.5) is 4.39 Å². The Bertz CT molecular complexity index is 1320. The molecule has 0 atom stereocenters. The molecule has 1 amide bonds. The van der Waals surface area contributed by atoms with Crippen LogP contribution in [0.5, 0.6) is 11.5 Å². The number of hydrogen-bond donors (Lipinski definition) is 1. The number of aryl methyl sites for hydroxylation is 1. The van der Waals surface area contributed by atoms with Gasteiger partial charge >= 0.3 is 0 Å². The Morgan fingerprint density at radius 2 is 1.67 bits per heavy atom. The highest BCUT2D eigenvalue weighted by molar-refractivity contribution is 6.02. The molecule has 6 heteroatoms. The zero-order chi connectivity index (χ0) is 25.2. The van der Waals surface area contributed by atoms with Gasteiger partial charge in [0.25, 0.3) is 5.91 Å². The molecule has 0 aromatic heterocycles. The van der Waals surface area contributed by atoms with E-state index >= 15 is 0 Å². The number of hydrogen-bond acceptors (Lipinski definition) is 4. The first-order valence-corrected chi connectivity index (χ1v) is 12.0. The molecule has 0 aliphatic carbocycles.